The lowest BCUT2D eigenvalue weighted by Crippen LogP contribution is -2.12. The van der Waals surface area contributed by atoms with Crippen molar-refractivity contribution in [3.05, 3.63) is 40.7 Å². The first-order valence-corrected chi connectivity index (χ1v) is 7.67. The molecule has 0 spiro atoms. The van der Waals surface area contributed by atoms with E-state index < -0.39 is 10.0 Å². The van der Waals surface area contributed by atoms with E-state index in [1.807, 2.05) is 0 Å². The van der Waals surface area contributed by atoms with Crippen molar-refractivity contribution in [3.8, 4) is 5.75 Å². The zero-order chi connectivity index (χ0) is 13.2. The monoisotopic (exact) mass is 303 g/mol. The van der Waals surface area contributed by atoms with Gasteiger partial charge < -0.3 is 4.74 Å². The average molecular weight is 304 g/mol. The standard InChI is InChI=1S/C11H10ClNO3S2/c1-16-10-5-4-8(12)7-9(10)13-18(14,15)11-3-2-6-17-11/h2-7,13H,1H3. The molecule has 0 aliphatic carbocycles. The van der Waals surface area contributed by atoms with Crippen molar-refractivity contribution in [3.63, 3.8) is 0 Å². The van der Waals surface area contributed by atoms with Gasteiger partial charge in [-0.05, 0) is 29.6 Å². The predicted octanol–water partition coefficient (Wildman–Crippen LogP) is 3.21. The Bertz CT molecular complexity index is 638. The second kappa shape index (κ2) is 5.17. The van der Waals surface area contributed by atoms with E-state index in [2.05, 4.69) is 4.72 Å². The van der Waals surface area contributed by atoms with Crippen LogP contribution in [0.2, 0.25) is 5.02 Å². The molecule has 96 valence electrons. The number of rotatable bonds is 4. The van der Waals surface area contributed by atoms with Crippen LogP contribution in [0.25, 0.3) is 0 Å². The number of hydrogen-bond acceptors (Lipinski definition) is 4. The largest absolute Gasteiger partial charge is 0.495 e. The molecule has 0 radical (unpaired) electrons. The van der Waals surface area contributed by atoms with Gasteiger partial charge >= 0.3 is 0 Å². The van der Waals surface area contributed by atoms with Crippen LogP contribution in [0.5, 0.6) is 5.75 Å². The van der Waals surface area contributed by atoms with Gasteiger partial charge in [0.1, 0.15) is 9.96 Å². The fourth-order valence-electron chi connectivity index (χ4n) is 1.37. The molecular formula is C11H10ClNO3S2. The number of sulfonamides is 1. The Morgan fingerprint density at radius 2 is 2.11 bits per heavy atom. The van der Waals surface area contributed by atoms with Crippen LogP contribution in [-0.4, -0.2) is 15.5 Å². The Morgan fingerprint density at radius 3 is 2.72 bits per heavy atom. The zero-order valence-electron chi connectivity index (χ0n) is 9.38. The Kier molecular flexibility index (Phi) is 3.79. The van der Waals surface area contributed by atoms with Gasteiger partial charge in [0, 0.05) is 5.02 Å². The maximum Gasteiger partial charge on any atom is 0.271 e. The van der Waals surface area contributed by atoms with Crippen LogP contribution in [0.15, 0.2) is 39.9 Å². The SMILES string of the molecule is COc1ccc(Cl)cc1NS(=O)(=O)c1cccs1. The van der Waals surface area contributed by atoms with Crippen molar-refractivity contribution in [1.82, 2.24) is 0 Å². The van der Waals surface area contributed by atoms with E-state index in [0.717, 1.165) is 11.3 Å². The van der Waals surface area contributed by atoms with Crippen LogP contribution >= 0.6 is 22.9 Å². The predicted molar refractivity (Wildman–Crippen MR) is 73.1 cm³/mol. The van der Waals surface area contributed by atoms with Gasteiger partial charge in [0.15, 0.2) is 0 Å². The van der Waals surface area contributed by atoms with Crippen LogP contribution in [0.1, 0.15) is 0 Å². The van der Waals surface area contributed by atoms with Gasteiger partial charge in [0.05, 0.1) is 12.8 Å². The summed E-state index contributed by atoms with van der Waals surface area (Å²) >= 11 is 6.98. The van der Waals surface area contributed by atoms with Crippen LogP contribution in [0.3, 0.4) is 0 Å². The van der Waals surface area contributed by atoms with E-state index in [0.29, 0.717) is 16.5 Å². The highest BCUT2D eigenvalue weighted by Gasteiger charge is 2.17. The van der Waals surface area contributed by atoms with Crippen LogP contribution in [0, 0.1) is 0 Å². The lowest BCUT2D eigenvalue weighted by Gasteiger charge is -2.11. The average Bonchev–Trinajstić information content (AvgIpc) is 2.83. The third-order valence-corrected chi connectivity index (χ3v) is 5.16. The van der Waals surface area contributed by atoms with Crippen LogP contribution in [-0.2, 0) is 10.0 Å². The number of hydrogen-bond donors (Lipinski definition) is 1. The zero-order valence-corrected chi connectivity index (χ0v) is 11.8. The van der Waals surface area contributed by atoms with E-state index in [4.69, 9.17) is 16.3 Å². The van der Waals surface area contributed by atoms with Crippen molar-refractivity contribution in [2.45, 2.75) is 4.21 Å². The third kappa shape index (κ3) is 2.77. The highest BCUT2D eigenvalue weighted by molar-refractivity contribution is 7.94. The van der Waals surface area contributed by atoms with Crippen LogP contribution < -0.4 is 9.46 Å². The van der Waals surface area contributed by atoms with Gasteiger partial charge in [-0.15, -0.1) is 11.3 Å². The van der Waals surface area contributed by atoms with E-state index >= 15 is 0 Å². The number of anilines is 1. The molecule has 2 aromatic rings. The molecule has 0 unspecified atom stereocenters. The van der Waals surface area contributed by atoms with E-state index in [-0.39, 0.29) is 4.21 Å². The Labute approximate surface area is 114 Å². The molecular weight excluding hydrogens is 294 g/mol. The van der Waals surface area contributed by atoms with Gasteiger partial charge in [-0.2, -0.15) is 0 Å². The lowest BCUT2D eigenvalue weighted by molar-refractivity contribution is 0.417. The molecule has 0 saturated carbocycles. The molecule has 0 saturated heterocycles. The fraction of sp³-hybridized carbons (Fsp3) is 0.0909. The van der Waals surface area contributed by atoms with Crippen LogP contribution in [0.4, 0.5) is 5.69 Å². The molecule has 0 fully saturated rings. The molecule has 0 aliphatic heterocycles. The molecule has 0 atom stereocenters. The summed E-state index contributed by atoms with van der Waals surface area (Å²) in [4.78, 5) is 0. The quantitative estimate of drug-likeness (QED) is 0.943. The second-order valence-electron chi connectivity index (χ2n) is 3.38. The summed E-state index contributed by atoms with van der Waals surface area (Å²) in [6, 6.07) is 7.95. The number of halogens is 1. The normalized spacial score (nSPS) is 11.2. The number of nitrogens with one attached hydrogen (secondary N) is 1. The Morgan fingerprint density at radius 1 is 1.33 bits per heavy atom. The Balaban J connectivity index is 2.37. The summed E-state index contributed by atoms with van der Waals surface area (Å²) in [6.07, 6.45) is 0. The maximum absolute atomic E-state index is 12.0. The first kappa shape index (κ1) is 13.2. The minimum atomic E-state index is -3.59. The second-order valence-corrected chi connectivity index (χ2v) is 6.68. The molecule has 1 aromatic heterocycles. The summed E-state index contributed by atoms with van der Waals surface area (Å²) < 4.78 is 31.9. The number of methoxy groups -OCH3 is 1. The molecule has 1 aromatic carbocycles. The smallest absolute Gasteiger partial charge is 0.271 e. The summed E-state index contributed by atoms with van der Waals surface area (Å²) in [5.74, 6) is 0.416. The molecule has 0 aliphatic rings. The summed E-state index contributed by atoms with van der Waals surface area (Å²) in [5.41, 5.74) is 0.318. The maximum atomic E-state index is 12.0. The molecule has 7 heteroatoms. The first-order chi connectivity index (χ1) is 8.53. The molecule has 1 N–H and O–H groups in total. The number of ether oxygens (including phenoxy) is 1. The van der Waals surface area contributed by atoms with Gasteiger partial charge in [-0.3, -0.25) is 4.72 Å². The molecule has 18 heavy (non-hydrogen) atoms. The molecule has 4 nitrogen and oxygen atoms in total. The fourth-order valence-corrected chi connectivity index (χ4v) is 3.60. The first-order valence-electron chi connectivity index (χ1n) is 4.93. The molecule has 1 heterocycles. The molecule has 0 bridgehead atoms. The van der Waals surface area contributed by atoms with E-state index in [1.54, 1.807) is 23.6 Å². The highest BCUT2D eigenvalue weighted by atomic mass is 35.5. The lowest BCUT2D eigenvalue weighted by atomic mass is 10.3. The van der Waals surface area contributed by atoms with E-state index in [9.17, 15) is 8.42 Å². The Hall–Kier alpha value is -1.24. The van der Waals surface area contributed by atoms with Gasteiger partial charge in [0.25, 0.3) is 10.0 Å². The molecule has 2 rings (SSSR count). The third-order valence-electron chi connectivity index (χ3n) is 2.17. The van der Waals surface area contributed by atoms with Crippen molar-refractivity contribution in [2.75, 3.05) is 11.8 Å². The van der Waals surface area contributed by atoms with Gasteiger partial charge in [0.2, 0.25) is 0 Å². The van der Waals surface area contributed by atoms with Gasteiger partial charge in [-0.25, -0.2) is 8.42 Å². The van der Waals surface area contributed by atoms with Gasteiger partial charge in [-0.1, -0.05) is 17.7 Å². The summed E-state index contributed by atoms with van der Waals surface area (Å²) in [6.45, 7) is 0. The molecule has 0 amide bonds. The summed E-state index contributed by atoms with van der Waals surface area (Å²) in [5, 5.41) is 2.13. The highest BCUT2D eigenvalue weighted by Crippen LogP contribution is 2.30. The number of benzene rings is 1. The summed E-state index contributed by atoms with van der Waals surface area (Å²) in [7, 11) is -2.13. The number of thiophene rings is 1. The van der Waals surface area contributed by atoms with Crippen molar-refractivity contribution < 1.29 is 13.2 Å². The van der Waals surface area contributed by atoms with Crippen molar-refractivity contribution in [1.29, 1.82) is 0 Å². The minimum absolute atomic E-state index is 0.240. The minimum Gasteiger partial charge on any atom is -0.495 e. The topological polar surface area (TPSA) is 55.4 Å². The van der Waals surface area contributed by atoms with Crippen molar-refractivity contribution in [2.24, 2.45) is 0 Å². The van der Waals surface area contributed by atoms with E-state index in [1.165, 1.54) is 19.2 Å². The van der Waals surface area contributed by atoms with Crippen molar-refractivity contribution >= 4 is 38.6 Å².